The number of hydrogen-bond acceptors (Lipinski definition) is 3. The molecular weight excluding hydrogens is 212 g/mol. The molecule has 15 heavy (non-hydrogen) atoms. The first-order valence-corrected chi connectivity index (χ1v) is 5.47. The highest BCUT2D eigenvalue weighted by Crippen LogP contribution is 2.06. The zero-order chi connectivity index (χ0) is 11.9. The number of thiocarbonyl (C=S) groups is 1. The van der Waals surface area contributed by atoms with Gasteiger partial charge in [-0.1, -0.05) is 12.2 Å². The largest absolute Gasteiger partial charge is 0.444 e. The van der Waals surface area contributed by atoms with Gasteiger partial charge in [-0.25, -0.2) is 4.79 Å². The lowest BCUT2D eigenvalue weighted by molar-refractivity contribution is 0.0527. The van der Waals surface area contributed by atoms with Crippen LogP contribution in [0.4, 0.5) is 4.79 Å². The minimum absolute atomic E-state index is 0.377. The molecular formula is C10H20N2O2S. The maximum Gasteiger partial charge on any atom is 0.407 e. The maximum atomic E-state index is 11.2. The van der Waals surface area contributed by atoms with E-state index in [1.807, 2.05) is 20.8 Å². The summed E-state index contributed by atoms with van der Waals surface area (Å²) in [5.41, 5.74) is 4.90. The summed E-state index contributed by atoms with van der Waals surface area (Å²) >= 11 is 4.73. The molecule has 1 amide bonds. The summed E-state index contributed by atoms with van der Waals surface area (Å²) in [7, 11) is 0. The Balaban J connectivity index is 3.44. The Morgan fingerprint density at radius 1 is 1.40 bits per heavy atom. The van der Waals surface area contributed by atoms with Gasteiger partial charge in [0.05, 0.1) is 4.99 Å². The predicted molar refractivity (Wildman–Crippen MR) is 64.9 cm³/mol. The molecule has 0 bridgehead atoms. The molecule has 0 radical (unpaired) electrons. The van der Waals surface area contributed by atoms with Crippen LogP contribution in [0.3, 0.4) is 0 Å². The number of carbonyl (C=O) groups excluding carboxylic acids is 1. The number of hydrogen-bond donors (Lipinski definition) is 2. The number of amides is 1. The van der Waals surface area contributed by atoms with Crippen molar-refractivity contribution in [1.82, 2.24) is 5.32 Å². The van der Waals surface area contributed by atoms with Crippen LogP contribution < -0.4 is 11.1 Å². The fraction of sp³-hybridized carbons (Fsp3) is 0.800. The molecule has 0 aliphatic carbocycles. The summed E-state index contributed by atoms with van der Waals surface area (Å²) in [5.74, 6) is 0. The number of nitrogens with one attached hydrogen (secondary N) is 1. The van der Waals surface area contributed by atoms with Crippen molar-refractivity contribution < 1.29 is 9.53 Å². The lowest BCUT2D eigenvalue weighted by atomic mass is 10.2. The molecule has 0 saturated carbocycles. The Kier molecular flexibility index (Phi) is 6.24. The molecule has 88 valence electrons. The van der Waals surface area contributed by atoms with Crippen molar-refractivity contribution in [3.8, 4) is 0 Å². The number of nitrogens with two attached hydrogens (primary N) is 1. The van der Waals surface area contributed by atoms with E-state index < -0.39 is 5.60 Å². The van der Waals surface area contributed by atoms with Crippen LogP contribution >= 0.6 is 12.2 Å². The quantitative estimate of drug-likeness (QED) is 0.562. The molecule has 0 aliphatic rings. The molecule has 0 aromatic rings. The van der Waals surface area contributed by atoms with Crippen molar-refractivity contribution >= 4 is 23.3 Å². The Labute approximate surface area is 96.5 Å². The third kappa shape index (κ3) is 11.1. The average molecular weight is 232 g/mol. The van der Waals surface area contributed by atoms with E-state index >= 15 is 0 Å². The molecule has 5 heteroatoms. The van der Waals surface area contributed by atoms with Gasteiger partial charge >= 0.3 is 6.09 Å². The standard InChI is InChI=1S/C10H20N2O2S/c1-10(2,3)14-9(13)12-7-5-4-6-8(11)15/h4-7H2,1-3H3,(H2,11,15)(H,12,13). The van der Waals surface area contributed by atoms with Crippen LogP contribution in [-0.4, -0.2) is 23.2 Å². The van der Waals surface area contributed by atoms with E-state index in [0.717, 1.165) is 19.3 Å². The van der Waals surface area contributed by atoms with Gasteiger partial charge in [0, 0.05) is 6.54 Å². The molecule has 0 spiro atoms. The van der Waals surface area contributed by atoms with Crippen LogP contribution in [0.2, 0.25) is 0 Å². The van der Waals surface area contributed by atoms with Gasteiger partial charge in [-0.15, -0.1) is 0 Å². The minimum Gasteiger partial charge on any atom is -0.444 e. The van der Waals surface area contributed by atoms with Gasteiger partial charge in [-0.2, -0.15) is 0 Å². The monoisotopic (exact) mass is 232 g/mol. The van der Waals surface area contributed by atoms with Gasteiger partial charge in [-0.05, 0) is 40.0 Å². The van der Waals surface area contributed by atoms with Crippen molar-refractivity contribution in [3.63, 3.8) is 0 Å². The van der Waals surface area contributed by atoms with E-state index in [1.165, 1.54) is 0 Å². The molecule has 0 rings (SSSR count). The van der Waals surface area contributed by atoms with E-state index in [2.05, 4.69) is 5.32 Å². The molecule has 4 nitrogen and oxygen atoms in total. The van der Waals surface area contributed by atoms with Crippen molar-refractivity contribution in [1.29, 1.82) is 0 Å². The lowest BCUT2D eigenvalue weighted by Gasteiger charge is -2.19. The van der Waals surface area contributed by atoms with Crippen LogP contribution in [0.25, 0.3) is 0 Å². The van der Waals surface area contributed by atoms with Gasteiger partial charge < -0.3 is 15.8 Å². The average Bonchev–Trinajstić information content (AvgIpc) is 1.99. The predicted octanol–water partition coefficient (Wildman–Crippen LogP) is 1.97. The highest BCUT2D eigenvalue weighted by Gasteiger charge is 2.15. The van der Waals surface area contributed by atoms with Crippen molar-refractivity contribution in [3.05, 3.63) is 0 Å². The Morgan fingerprint density at radius 2 is 2.00 bits per heavy atom. The molecule has 0 fully saturated rings. The highest BCUT2D eigenvalue weighted by molar-refractivity contribution is 7.80. The van der Waals surface area contributed by atoms with E-state index in [4.69, 9.17) is 22.7 Å². The second-order valence-electron chi connectivity index (χ2n) is 4.35. The summed E-state index contributed by atoms with van der Waals surface area (Å²) < 4.78 is 5.06. The van der Waals surface area contributed by atoms with Gasteiger partial charge in [0.15, 0.2) is 0 Å². The summed E-state index contributed by atoms with van der Waals surface area (Å²) in [6.07, 6.45) is 2.10. The zero-order valence-corrected chi connectivity index (χ0v) is 10.4. The topological polar surface area (TPSA) is 64.3 Å². The van der Waals surface area contributed by atoms with Crippen molar-refractivity contribution in [2.24, 2.45) is 5.73 Å². The van der Waals surface area contributed by atoms with Gasteiger partial charge in [0.2, 0.25) is 0 Å². The van der Waals surface area contributed by atoms with Gasteiger partial charge in [0.1, 0.15) is 5.60 Å². The minimum atomic E-state index is -0.442. The molecule has 0 aliphatic heterocycles. The fourth-order valence-corrected chi connectivity index (χ4v) is 1.07. The molecule has 0 aromatic heterocycles. The third-order valence-electron chi connectivity index (χ3n) is 1.52. The zero-order valence-electron chi connectivity index (χ0n) is 9.63. The van der Waals surface area contributed by atoms with E-state index in [1.54, 1.807) is 0 Å². The summed E-state index contributed by atoms with van der Waals surface area (Å²) in [6.45, 7) is 6.09. The van der Waals surface area contributed by atoms with Gasteiger partial charge in [0.25, 0.3) is 0 Å². The normalized spacial score (nSPS) is 10.9. The molecule has 0 saturated heterocycles. The Morgan fingerprint density at radius 3 is 2.47 bits per heavy atom. The fourth-order valence-electron chi connectivity index (χ4n) is 0.929. The van der Waals surface area contributed by atoms with Crippen LogP contribution in [0.5, 0.6) is 0 Å². The first-order valence-electron chi connectivity index (χ1n) is 5.06. The highest BCUT2D eigenvalue weighted by atomic mass is 32.1. The Hall–Kier alpha value is -0.840. The maximum absolute atomic E-state index is 11.2. The second-order valence-corrected chi connectivity index (χ2v) is 4.88. The van der Waals surface area contributed by atoms with Crippen molar-refractivity contribution in [2.75, 3.05) is 6.54 Å². The number of carbonyl (C=O) groups is 1. The second kappa shape index (κ2) is 6.61. The first-order chi connectivity index (χ1) is 6.81. The first kappa shape index (κ1) is 14.2. The van der Waals surface area contributed by atoms with Crippen LogP contribution in [0, 0.1) is 0 Å². The summed E-state index contributed by atoms with van der Waals surface area (Å²) in [5, 5.41) is 2.67. The number of alkyl carbamates (subject to hydrolysis) is 1. The lowest BCUT2D eigenvalue weighted by Crippen LogP contribution is -2.33. The smallest absolute Gasteiger partial charge is 0.407 e. The van der Waals surface area contributed by atoms with Crippen LogP contribution in [0.15, 0.2) is 0 Å². The molecule has 0 unspecified atom stereocenters. The van der Waals surface area contributed by atoms with Gasteiger partial charge in [-0.3, -0.25) is 0 Å². The SMILES string of the molecule is CC(C)(C)OC(=O)NCCCCC(N)=S. The number of unbranched alkanes of at least 4 members (excludes halogenated alkanes) is 1. The summed E-state index contributed by atoms with van der Waals surface area (Å²) in [6, 6.07) is 0. The number of rotatable bonds is 5. The molecule has 0 aromatic carbocycles. The Bertz CT molecular complexity index is 224. The van der Waals surface area contributed by atoms with E-state index in [9.17, 15) is 4.79 Å². The van der Waals surface area contributed by atoms with Crippen LogP contribution in [-0.2, 0) is 4.74 Å². The number of ether oxygens (including phenoxy) is 1. The van der Waals surface area contributed by atoms with E-state index in [-0.39, 0.29) is 6.09 Å². The van der Waals surface area contributed by atoms with Crippen molar-refractivity contribution in [2.45, 2.75) is 45.6 Å². The van der Waals surface area contributed by atoms with Crippen LogP contribution in [0.1, 0.15) is 40.0 Å². The summed E-state index contributed by atoms with van der Waals surface area (Å²) in [4.78, 5) is 11.7. The molecule has 0 atom stereocenters. The van der Waals surface area contributed by atoms with E-state index in [0.29, 0.717) is 11.5 Å². The third-order valence-corrected chi connectivity index (χ3v) is 1.72. The molecule has 3 N–H and O–H groups in total. The molecule has 0 heterocycles.